The van der Waals surface area contributed by atoms with Gasteiger partial charge in [0.25, 0.3) is 0 Å². The van der Waals surface area contributed by atoms with Gasteiger partial charge in [0, 0.05) is 38.6 Å². The second-order valence-electron chi connectivity index (χ2n) is 6.55. The molecule has 1 fully saturated rings. The van der Waals surface area contributed by atoms with E-state index in [1.54, 1.807) is 0 Å². The van der Waals surface area contributed by atoms with Crippen molar-refractivity contribution < 1.29 is 4.79 Å². The zero-order valence-corrected chi connectivity index (χ0v) is 14.8. The molecule has 0 spiro atoms. The Labute approximate surface area is 135 Å². The average Bonchev–Trinajstić information content (AvgIpc) is 2.47. The zero-order chi connectivity index (χ0) is 16.4. The van der Waals surface area contributed by atoms with Crippen LogP contribution in [0, 0.1) is 5.92 Å². The molecular weight excluding hydrogens is 276 g/mol. The van der Waals surface area contributed by atoms with Crippen LogP contribution in [-0.4, -0.2) is 49.0 Å². The second-order valence-corrected chi connectivity index (χ2v) is 6.55. The number of hydrogen-bond acceptors (Lipinski definition) is 2. The van der Waals surface area contributed by atoms with Gasteiger partial charge in [0.15, 0.2) is 5.96 Å². The normalized spacial score (nSPS) is 19.4. The molecule has 1 rings (SSSR count). The number of nitrogens with zero attached hydrogens (tertiary/aromatic N) is 2. The minimum absolute atomic E-state index is 0.262. The topological polar surface area (TPSA) is 56.7 Å². The lowest BCUT2D eigenvalue weighted by Gasteiger charge is -2.33. The predicted molar refractivity (Wildman–Crippen MR) is 93.1 cm³/mol. The summed E-state index contributed by atoms with van der Waals surface area (Å²) in [6.07, 6.45) is 5.15. The van der Waals surface area contributed by atoms with Crippen LogP contribution in [0.15, 0.2) is 4.99 Å². The molecule has 0 aliphatic carbocycles. The number of likely N-dealkylation sites (tertiary alicyclic amines) is 1. The molecule has 128 valence electrons. The van der Waals surface area contributed by atoms with Crippen LogP contribution in [0.25, 0.3) is 0 Å². The summed E-state index contributed by atoms with van der Waals surface area (Å²) in [5.74, 6) is 1.74. The molecule has 0 aromatic rings. The fraction of sp³-hybridized carbons (Fsp3) is 0.882. The highest BCUT2D eigenvalue weighted by Gasteiger charge is 2.22. The van der Waals surface area contributed by atoms with Gasteiger partial charge >= 0.3 is 0 Å². The molecule has 0 radical (unpaired) electrons. The molecule has 5 heteroatoms. The van der Waals surface area contributed by atoms with E-state index in [0.29, 0.717) is 24.9 Å². The van der Waals surface area contributed by atoms with Gasteiger partial charge in [-0.2, -0.15) is 0 Å². The summed E-state index contributed by atoms with van der Waals surface area (Å²) < 4.78 is 0. The first-order valence-corrected chi connectivity index (χ1v) is 8.86. The number of carbonyl (C=O) groups is 1. The lowest BCUT2D eigenvalue weighted by atomic mass is 10.0. The largest absolute Gasteiger partial charge is 0.357 e. The van der Waals surface area contributed by atoms with Crippen molar-refractivity contribution in [3.63, 3.8) is 0 Å². The van der Waals surface area contributed by atoms with Crippen molar-refractivity contribution >= 4 is 11.9 Å². The smallest absolute Gasteiger partial charge is 0.224 e. The summed E-state index contributed by atoms with van der Waals surface area (Å²) >= 11 is 0. The Kier molecular flexibility index (Phi) is 8.94. The van der Waals surface area contributed by atoms with E-state index < -0.39 is 0 Å². The number of amides is 1. The maximum atomic E-state index is 12.3. The van der Waals surface area contributed by atoms with Crippen LogP contribution in [0.3, 0.4) is 0 Å². The third-order valence-electron chi connectivity index (χ3n) is 4.08. The highest BCUT2D eigenvalue weighted by Crippen LogP contribution is 2.16. The maximum absolute atomic E-state index is 12.3. The van der Waals surface area contributed by atoms with Gasteiger partial charge < -0.3 is 15.5 Å². The molecule has 5 nitrogen and oxygen atoms in total. The van der Waals surface area contributed by atoms with Crippen molar-refractivity contribution in [2.24, 2.45) is 10.9 Å². The second kappa shape index (κ2) is 10.5. The molecule has 1 aliphatic heterocycles. The minimum Gasteiger partial charge on any atom is -0.357 e. The van der Waals surface area contributed by atoms with Gasteiger partial charge in [0.05, 0.1) is 0 Å². The molecule has 1 saturated heterocycles. The molecule has 2 N–H and O–H groups in total. The van der Waals surface area contributed by atoms with E-state index in [0.717, 1.165) is 44.9 Å². The lowest BCUT2D eigenvalue weighted by Crippen LogP contribution is -2.44. The van der Waals surface area contributed by atoms with Crippen molar-refractivity contribution in [1.29, 1.82) is 0 Å². The SMILES string of the molecule is CCNC(=NCCC(C)C)NCCC(=O)N1CCCCC1C. The van der Waals surface area contributed by atoms with Crippen molar-refractivity contribution in [3.05, 3.63) is 0 Å². The summed E-state index contributed by atoms with van der Waals surface area (Å²) in [5.41, 5.74) is 0. The number of carbonyl (C=O) groups excluding carboxylic acids is 1. The predicted octanol–water partition coefficient (Wildman–Crippen LogP) is 2.38. The van der Waals surface area contributed by atoms with Crippen molar-refractivity contribution in [3.8, 4) is 0 Å². The van der Waals surface area contributed by atoms with Crippen molar-refractivity contribution in [1.82, 2.24) is 15.5 Å². The number of aliphatic imine (C=N–C) groups is 1. The number of guanidine groups is 1. The number of nitrogens with one attached hydrogen (secondary N) is 2. The van der Waals surface area contributed by atoms with E-state index in [-0.39, 0.29) is 5.91 Å². The Morgan fingerprint density at radius 2 is 2.09 bits per heavy atom. The Morgan fingerprint density at radius 3 is 2.73 bits per heavy atom. The molecule has 1 unspecified atom stereocenters. The number of hydrogen-bond donors (Lipinski definition) is 2. The van der Waals surface area contributed by atoms with Gasteiger partial charge in [-0.1, -0.05) is 13.8 Å². The molecule has 1 atom stereocenters. The van der Waals surface area contributed by atoms with E-state index in [4.69, 9.17) is 0 Å². The molecular formula is C17H34N4O. The first kappa shape index (κ1) is 18.8. The minimum atomic E-state index is 0.262. The molecule has 22 heavy (non-hydrogen) atoms. The lowest BCUT2D eigenvalue weighted by molar-refractivity contribution is -0.134. The van der Waals surface area contributed by atoms with Crippen molar-refractivity contribution in [2.75, 3.05) is 26.2 Å². The van der Waals surface area contributed by atoms with Gasteiger partial charge in [-0.15, -0.1) is 0 Å². The van der Waals surface area contributed by atoms with Crippen LogP contribution in [-0.2, 0) is 4.79 Å². The quantitative estimate of drug-likeness (QED) is 0.561. The molecule has 1 heterocycles. The van der Waals surface area contributed by atoms with Crippen LogP contribution in [0.2, 0.25) is 0 Å². The van der Waals surface area contributed by atoms with E-state index >= 15 is 0 Å². The highest BCUT2D eigenvalue weighted by molar-refractivity contribution is 5.81. The Morgan fingerprint density at radius 1 is 1.32 bits per heavy atom. The molecule has 0 saturated carbocycles. The Balaban J connectivity index is 2.33. The van der Waals surface area contributed by atoms with E-state index in [1.165, 1.54) is 6.42 Å². The van der Waals surface area contributed by atoms with Crippen LogP contribution in [0.5, 0.6) is 0 Å². The molecule has 0 aromatic heterocycles. The van der Waals surface area contributed by atoms with E-state index in [9.17, 15) is 4.79 Å². The molecule has 0 bridgehead atoms. The molecule has 1 aliphatic rings. The Hall–Kier alpha value is -1.26. The van der Waals surface area contributed by atoms with Crippen LogP contribution < -0.4 is 10.6 Å². The zero-order valence-electron chi connectivity index (χ0n) is 14.8. The van der Waals surface area contributed by atoms with Gasteiger partial charge in [-0.05, 0) is 45.4 Å². The third kappa shape index (κ3) is 7.14. The van der Waals surface area contributed by atoms with E-state index in [2.05, 4.69) is 43.3 Å². The molecule has 1 amide bonds. The maximum Gasteiger partial charge on any atom is 0.224 e. The third-order valence-corrected chi connectivity index (χ3v) is 4.08. The standard InChI is InChI=1S/C17H34N4O/c1-5-18-17(19-11-9-14(2)3)20-12-10-16(22)21-13-7-6-8-15(21)4/h14-15H,5-13H2,1-4H3,(H2,18,19,20). The van der Waals surface area contributed by atoms with E-state index in [1.807, 2.05) is 4.90 Å². The highest BCUT2D eigenvalue weighted by atomic mass is 16.2. The molecule has 0 aromatic carbocycles. The fourth-order valence-electron chi connectivity index (χ4n) is 2.68. The summed E-state index contributed by atoms with van der Waals surface area (Å²) in [6, 6.07) is 0.397. The van der Waals surface area contributed by atoms with Crippen LogP contribution in [0.1, 0.15) is 59.8 Å². The average molecular weight is 310 g/mol. The Bertz CT molecular complexity index is 355. The van der Waals surface area contributed by atoms with Gasteiger partial charge in [0.1, 0.15) is 0 Å². The number of rotatable bonds is 7. The summed E-state index contributed by atoms with van der Waals surface area (Å²) in [6.45, 7) is 11.8. The van der Waals surface area contributed by atoms with Gasteiger partial charge in [-0.25, -0.2) is 0 Å². The summed E-state index contributed by atoms with van der Waals surface area (Å²) in [7, 11) is 0. The summed E-state index contributed by atoms with van der Waals surface area (Å²) in [5, 5.41) is 6.50. The summed E-state index contributed by atoms with van der Waals surface area (Å²) in [4.78, 5) is 18.9. The van der Waals surface area contributed by atoms with Crippen molar-refractivity contribution in [2.45, 2.75) is 65.8 Å². The van der Waals surface area contributed by atoms with Crippen LogP contribution in [0.4, 0.5) is 0 Å². The fourth-order valence-corrected chi connectivity index (χ4v) is 2.68. The number of piperidine rings is 1. The monoisotopic (exact) mass is 310 g/mol. The van der Waals surface area contributed by atoms with Crippen LogP contribution >= 0.6 is 0 Å². The first-order chi connectivity index (χ1) is 10.5. The van der Waals surface area contributed by atoms with Gasteiger partial charge in [0.2, 0.25) is 5.91 Å². The van der Waals surface area contributed by atoms with Gasteiger partial charge in [-0.3, -0.25) is 9.79 Å². The first-order valence-electron chi connectivity index (χ1n) is 8.86.